The minimum atomic E-state index is -0.358. The van der Waals surface area contributed by atoms with Crippen LogP contribution in [0.25, 0.3) is 6.08 Å². The Bertz CT molecular complexity index is 906. The zero-order valence-electron chi connectivity index (χ0n) is 15.6. The molecule has 2 N–H and O–H groups in total. The molecule has 28 heavy (non-hydrogen) atoms. The summed E-state index contributed by atoms with van der Waals surface area (Å²) in [6.07, 6.45) is 4.66. The van der Waals surface area contributed by atoms with Gasteiger partial charge in [-0.3, -0.25) is 9.59 Å². The number of likely N-dealkylation sites (tertiary alicyclic amines) is 1. The quantitative estimate of drug-likeness (QED) is 0.753. The normalized spacial score (nSPS) is 17.2. The number of nitrogens with two attached hydrogens (primary N) is 1. The van der Waals surface area contributed by atoms with Crippen LogP contribution in [-0.2, 0) is 16.1 Å². The summed E-state index contributed by atoms with van der Waals surface area (Å²) in [7, 11) is 0. The largest absolute Gasteiger partial charge is 0.369 e. The Labute approximate surface area is 173 Å². The maximum atomic E-state index is 12.5. The lowest BCUT2D eigenvalue weighted by molar-refractivity contribution is -0.130. The van der Waals surface area contributed by atoms with E-state index in [1.807, 2.05) is 31.2 Å². The zero-order valence-corrected chi connectivity index (χ0v) is 17.1. The van der Waals surface area contributed by atoms with E-state index in [0.29, 0.717) is 35.4 Å². The van der Waals surface area contributed by atoms with Crippen molar-refractivity contribution in [2.24, 2.45) is 11.7 Å². The minimum absolute atomic E-state index is 0.160. The molecule has 0 bridgehead atoms. The second-order valence-electron chi connectivity index (χ2n) is 6.93. The van der Waals surface area contributed by atoms with Crippen molar-refractivity contribution in [3.05, 3.63) is 57.3 Å². The molecule has 2 heterocycles. The van der Waals surface area contributed by atoms with Crippen LogP contribution >= 0.6 is 23.2 Å². The molecular weight excluding hydrogens is 399 g/mol. The van der Waals surface area contributed by atoms with Crippen molar-refractivity contribution in [3.63, 3.8) is 0 Å². The van der Waals surface area contributed by atoms with Crippen molar-refractivity contribution >= 4 is 41.1 Å². The lowest BCUT2D eigenvalue weighted by Crippen LogP contribution is -2.43. The minimum Gasteiger partial charge on any atom is -0.369 e. The molecule has 1 fully saturated rings. The second-order valence-corrected chi connectivity index (χ2v) is 7.73. The van der Waals surface area contributed by atoms with Gasteiger partial charge in [-0.25, -0.2) is 4.68 Å². The lowest BCUT2D eigenvalue weighted by atomic mass is 9.97. The highest BCUT2D eigenvalue weighted by Gasteiger charge is 2.26. The fourth-order valence-electron chi connectivity index (χ4n) is 3.29. The van der Waals surface area contributed by atoms with E-state index < -0.39 is 0 Å². The van der Waals surface area contributed by atoms with Crippen molar-refractivity contribution in [3.8, 4) is 0 Å². The molecule has 1 saturated heterocycles. The number of rotatable bonds is 5. The standard InChI is InChI=1S/C20H22Cl2N4O2/c1-13-17(8-9-18(27)25-10-2-3-15(12-25)20(23)28)19(22)26(24-13)11-14-4-6-16(21)7-5-14/h4-9,15H,2-3,10-12H2,1H3,(H2,23,28)/b9-8+. The highest BCUT2D eigenvalue weighted by molar-refractivity contribution is 6.31. The summed E-state index contributed by atoms with van der Waals surface area (Å²) in [4.78, 5) is 25.5. The average molecular weight is 421 g/mol. The molecule has 1 aromatic heterocycles. The third kappa shape index (κ3) is 4.75. The van der Waals surface area contributed by atoms with Gasteiger partial charge in [0.2, 0.25) is 11.8 Å². The number of halogens is 2. The van der Waals surface area contributed by atoms with Crippen LogP contribution in [0.5, 0.6) is 0 Å². The Hall–Kier alpha value is -2.31. The molecule has 0 radical (unpaired) electrons. The predicted molar refractivity (Wildman–Crippen MR) is 110 cm³/mol. The van der Waals surface area contributed by atoms with Crippen LogP contribution in [0.1, 0.15) is 29.7 Å². The molecule has 0 saturated carbocycles. The van der Waals surface area contributed by atoms with Crippen LogP contribution in [0.4, 0.5) is 0 Å². The molecule has 2 amide bonds. The molecule has 148 valence electrons. The number of hydrogen-bond donors (Lipinski definition) is 1. The van der Waals surface area contributed by atoms with Gasteiger partial charge in [-0.05, 0) is 43.5 Å². The number of aryl methyl sites for hydroxylation is 1. The van der Waals surface area contributed by atoms with E-state index >= 15 is 0 Å². The van der Waals surface area contributed by atoms with E-state index in [1.165, 1.54) is 6.08 Å². The van der Waals surface area contributed by atoms with E-state index in [0.717, 1.165) is 24.1 Å². The summed E-state index contributed by atoms with van der Waals surface area (Å²) < 4.78 is 1.69. The number of primary amides is 1. The summed E-state index contributed by atoms with van der Waals surface area (Å²) in [5.74, 6) is -0.797. The topological polar surface area (TPSA) is 81.2 Å². The number of aromatic nitrogens is 2. The number of amides is 2. The molecule has 2 aromatic rings. The summed E-state index contributed by atoms with van der Waals surface area (Å²) in [6, 6.07) is 7.47. The maximum absolute atomic E-state index is 12.5. The number of piperidine rings is 1. The molecule has 1 aromatic carbocycles. The number of carbonyl (C=O) groups is 2. The third-order valence-electron chi connectivity index (χ3n) is 4.88. The van der Waals surface area contributed by atoms with Gasteiger partial charge in [-0.15, -0.1) is 0 Å². The molecule has 1 unspecified atom stereocenters. The van der Waals surface area contributed by atoms with Gasteiger partial charge in [0.15, 0.2) is 0 Å². The highest BCUT2D eigenvalue weighted by Crippen LogP contribution is 2.23. The lowest BCUT2D eigenvalue weighted by Gasteiger charge is -2.30. The Morgan fingerprint density at radius 2 is 2.00 bits per heavy atom. The monoisotopic (exact) mass is 420 g/mol. The maximum Gasteiger partial charge on any atom is 0.246 e. The molecule has 3 rings (SSSR count). The number of nitrogens with zero attached hydrogens (tertiary/aromatic N) is 3. The summed E-state index contributed by atoms with van der Waals surface area (Å²) >= 11 is 12.4. The molecule has 1 aliphatic heterocycles. The van der Waals surface area contributed by atoms with Crippen molar-refractivity contribution < 1.29 is 9.59 Å². The van der Waals surface area contributed by atoms with Gasteiger partial charge in [0, 0.05) is 29.8 Å². The van der Waals surface area contributed by atoms with Gasteiger partial charge in [-0.2, -0.15) is 5.10 Å². The predicted octanol–water partition coefficient (Wildman–Crippen LogP) is 3.28. The summed E-state index contributed by atoms with van der Waals surface area (Å²) in [5.41, 5.74) is 7.83. The Morgan fingerprint density at radius 3 is 2.68 bits per heavy atom. The van der Waals surface area contributed by atoms with Gasteiger partial charge in [0.05, 0.1) is 18.2 Å². The van der Waals surface area contributed by atoms with Gasteiger partial charge in [0.25, 0.3) is 0 Å². The van der Waals surface area contributed by atoms with E-state index in [4.69, 9.17) is 28.9 Å². The average Bonchev–Trinajstić information content (AvgIpc) is 2.94. The Kier molecular flexibility index (Phi) is 6.42. The fraction of sp³-hybridized carbons (Fsp3) is 0.350. The van der Waals surface area contributed by atoms with Crippen molar-refractivity contribution in [1.29, 1.82) is 0 Å². The third-order valence-corrected chi connectivity index (χ3v) is 5.53. The smallest absolute Gasteiger partial charge is 0.246 e. The van der Waals surface area contributed by atoms with Crippen LogP contribution in [0, 0.1) is 12.8 Å². The highest BCUT2D eigenvalue weighted by atomic mass is 35.5. The van der Waals surface area contributed by atoms with Gasteiger partial charge >= 0.3 is 0 Å². The first-order valence-electron chi connectivity index (χ1n) is 9.09. The zero-order chi connectivity index (χ0) is 20.3. The van der Waals surface area contributed by atoms with E-state index in [-0.39, 0.29) is 17.7 Å². The van der Waals surface area contributed by atoms with Crippen molar-refractivity contribution in [2.75, 3.05) is 13.1 Å². The number of benzene rings is 1. The first kappa shape index (κ1) is 20.4. The van der Waals surface area contributed by atoms with Gasteiger partial charge in [-0.1, -0.05) is 35.3 Å². The van der Waals surface area contributed by atoms with E-state index in [1.54, 1.807) is 15.7 Å². The van der Waals surface area contributed by atoms with Crippen molar-refractivity contribution in [2.45, 2.75) is 26.3 Å². The first-order chi connectivity index (χ1) is 13.3. The molecule has 0 aliphatic carbocycles. The molecule has 1 aliphatic rings. The van der Waals surface area contributed by atoms with Crippen LogP contribution < -0.4 is 5.73 Å². The number of carbonyl (C=O) groups excluding carboxylic acids is 2. The summed E-state index contributed by atoms with van der Waals surface area (Å²) in [5, 5.41) is 5.60. The first-order valence-corrected chi connectivity index (χ1v) is 9.84. The summed E-state index contributed by atoms with van der Waals surface area (Å²) in [6.45, 7) is 3.33. The molecule has 8 heteroatoms. The van der Waals surface area contributed by atoms with Crippen LogP contribution in [0.2, 0.25) is 10.2 Å². The number of hydrogen-bond acceptors (Lipinski definition) is 3. The Morgan fingerprint density at radius 1 is 1.29 bits per heavy atom. The molecule has 0 spiro atoms. The van der Waals surface area contributed by atoms with Gasteiger partial charge in [0.1, 0.15) is 5.15 Å². The molecule has 6 nitrogen and oxygen atoms in total. The molecular formula is C20H22Cl2N4O2. The fourth-order valence-corrected chi connectivity index (χ4v) is 3.72. The SMILES string of the molecule is Cc1nn(Cc2ccc(Cl)cc2)c(Cl)c1/C=C/C(=O)N1CCCC(C(N)=O)C1. The second kappa shape index (κ2) is 8.80. The Balaban J connectivity index is 1.71. The van der Waals surface area contributed by atoms with E-state index in [2.05, 4.69) is 5.10 Å². The van der Waals surface area contributed by atoms with Gasteiger partial charge < -0.3 is 10.6 Å². The van der Waals surface area contributed by atoms with E-state index in [9.17, 15) is 9.59 Å². The van der Waals surface area contributed by atoms with Crippen LogP contribution in [-0.4, -0.2) is 39.6 Å². The molecule has 1 atom stereocenters. The van der Waals surface area contributed by atoms with Crippen LogP contribution in [0.15, 0.2) is 30.3 Å². The van der Waals surface area contributed by atoms with Crippen LogP contribution in [0.3, 0.4) is 0 Å². The van der Waals surface area contributed by atoms with Crippen molar-refractivity contribution in [1.82, 2.24) is 14.7 Å².